The number of nitrogens with one attached hydrogen (secondary N) is 1. The fourth-order valence-corrected chi connectivity index (χ4v) is 3.93. The molecule has 0 spiro atoms. The first-order valence-corrected chi connectivity index (χ1v) is 10.1. The number of aromatic nitrogens is 3. The highest BCUT2D eigenvalue weighted by molar-refractivity contribution is 6.05. The van der Waals surface area contributed by atoms with Gasteiger partial charge < -0.3 is 14.6 Å². The van der Waals surface area contributed by atoms with Crippen molar-refractivity contribution >= 4 is 40.3 Å². The largest absolute Gasteiger partial charge is 0.466 e. The highest BCUT2D eigenvalue weighted by Crippen LogP contribution is 2.33. The molecule has 9 heteroatoms. The Morgan fingerprint density at radius 1 is 1.12 bits per heavy atom. The number of likely N-dealkylation sites (tertiary alicyclic amines) is 1. The quantitative estimate of drug-likeness (QED) is 0.480. The van der Waals surface area contributed by atoms with Crippen molar-refractivity contribution in [3.63, 3.8) is 0 Å². The first-order valence-electron chi connectivity index (χ1n) is 10.1. The van der Waals surface area contributed by atoms with E-state index >= 15 is 0 Å². The molecule has 4 aromatic rings. The number of carbonyl (C=O) groups excluding carboxylic acids is 1. The second-order valence-electron chi connectivity index (χ2n) is 7.73. The second kappa shape index (κ2) is 8.35. The Balaban J connectivity index is 0.00000245. The van der Waals surface area contributed by atoms with Crippen molar-refractivity contribution in [1.82, 2.24) is 19.9 Å². The van der Waals surface area contributed by atoms with Gasteiger partial charge in [-0.05, 0) is 31.2 Å². The number of ether oxygens (including phenoxy) is 1. The Kier molecular flexibility index (Phi) is 5.73. The molecule has 5 rings (SSSR count). The number of hydrogen-bond acceptors (Lipinski definition) is 4. The third kappa shape index (κ3) is 3.98. The molecule has 1 fully saturated rings. The average molecular weight is 459 g/mol. The molecule has 2 aromatic carbocycles. The zero-order valence-electron chi connectivity index (χ0n) is 17.2. The fraction of sp³-hybridized carbons (Fsp3) is 0.261. The number of amides is 1. The van der Waals surface area contributed by atoms with E-state index in [2.05, 4.69) is 15.0 Å². The molecule has 6 nitrogen and oxygen atoms in total. The summed E-state index contributed by atoms with van der Waals surface area (Å²) in [6.07, 6.45) is -1.97. The van der Waals surface area contributed by atoms with Crippen molar-refractivity contribution < 1.29 is 18.3 Å². The number of imidazole rings is 1. The summed E-state index contributed by atoms with van der Waals surface area (Å²) in [6.45, 7) is 1.51. The molecule has 1 aliphatic heterocycles. The summed E-state index contributed by atoms with van der Waals surface area (Å²) in [5.74, 6) is -2.61. The minimum absolute atomic E-state index is 0. The summed E-state index contributed by atoms with van der Waals surface area (Å²) < 4.78 is 34.9. The van der Waals surface area contributed by atoms with Crippen LogP contribution in [0.25, 0.3) is 21.9 Å². The van der Waals surface area contributed by atoms with Gasteiger partial charge in [-0.15, -0.1) is 12.4 Å². The number of alkyl halides is 2. The number of nitrogens with zero attached hydrogens (tertiary/aromatic N) is 3. The Morgan fingerprint density at radius 3 is 2.78 bits per heavy atom. The Bertz CT molecular complexity index is 1290. The number of aryl methyl sites for hydroxylation is 1. The molecule has 0 aliphatic carbocycles. The molecule has 0 unspecified atom stereocenters. The number of aromatic amines is 1. The lowest BCUT2D eigenvalue weighted by molar-refractivity contribution is -0.131. The highest BCUT2D eigenvalue weighted by atomic mass is 35.5. The van der Waals surface area contributed by atoms with Crippen molar-refractivity contribution in [3.8, 4) is 5.88 Å². The Morgan fingerprint density at radius 2 is 1.94 bits per heavy atom. The van der Waals surface area contributed by atoms with Gasteiger partial charge in [0.1, 0.15) is 11.3 Å². The molecule has 1 saturated heterocycles. The maximum absolute atomic E-state index is 14.7. The Labute approximate surface area is 189 Å². The fourth-order valence-electron chi connectivity index (χ4n) is 3.93. The molecule has 1 N–H and O–H groups in total. The molecule has 1 amide bonds. The van der Waals surface area contributed by atoms with Gasteiger partial charge in [-0.1, -0.05) is 24.3 Å². The third-order valence-electron chi connectivity index (χ3n) is 5.56. The van der Waals surface area contributed by atoms with Crippen molar-refractivity contribution in [2.24, 2.45) is 0 Å². The third-order valence-corrected chi connectivity index (χ3v) is 5.56. The molecule has 166 valence electrons. The van der Waals surface area contributed by atoms with Crippen LogP contribution in [0, 0.1) is 6.92 Å². The lowest BCUT2D eigenvalue weighted by Crippen LogP contribution is -2.55. The van der Waals surface area contributed by atoms with Gasteiger partial charge in [-0.3, -0.25) is 4.79 Å². The number of rotatable bonds is 3. The van der Waals surface area contributed by atoms with E-state index < -0.39 is 18.4 Å². The number of para-hydroxylation sites is 2. The summed E-state index contributed by atoms with van der Waals surface area (Å²) in [5, 5.41) is 0.893. The van der Waals surface area contributed by atoms with Gasteiger partial charge in [0.15, 0.2) is 6.10 Å². The molecule has 0 bridgehead atoms. The predicted octanol–water partition coefficient (Wildman–Crippen LogP) is 4.77. The number of carbonyl (C=O) groups is 1. The molecular formula is C23H21ClF2N4O2. The van der Waals surface area contributed by atoms with E-state index in [-0.39, 0.29) is 37.3 Å². The molecule has 32 heavy (non-hydrogen) atoms. The van der Waals surface area contributed by atoms with Crippen LogP contribution in [0.1, 0.15) is 22.6 Å². The van der Waals surface area contributed by atoms with Gasteiger partial charge >= 0.3 is 0 Å². The van der Waals surface area contributed by atoms with Crippen molar-refractivity contribution in [3.05, 3.63) is 66.0 Å². The summed E-state index contributed by atoms with van der Waals surface area (Å²) in [6, 6.07) is 16.0. The van der Waals surface area contributed by atoms with Crippen LogP contribution in [0.3, 0.4) is 0 Å². The number of fused-ring (bicyclic) bond motifs is 2. The van der Waals surface area contributed by atoms with E-state index in [1.54, 1.807) is 37.3 Å². The van der Waals surface area contributed by atoms with E-state index in [0.717, 1.165) is 10.9 Å². The van der Waals surface area contributed by atoms with E-state index in [4.69, 9.17) is 4.74 Å². The van der Waals surface area contributed by atoms with Gasteiger partial charge in [0.2, 0.25) is 5.88 Å². The van der Waals surface area contributed by atoms with Crippen LogP contribution in [0.4, 0.5) is 8.78 Å². The van der Waals surface area contributed by atoms with Gasteiger partial charge in [-0.25, -0.2) is 18.7 Å². The molecule has 0 radical (unpaired) electrons. The summed E-state index contributed by atoms with van der Waals surface area (Å²) >= 11 is 0. The lowest BCUT2D eigenvalue weighted by Gasteiger charge is -2.38. The van der Waals surface area contributed by atoms with Gasteiger partial charge in [-0.2, -0.15) is 0 Å². The van der Waals surface area contributed by atoms with E-state index in [1.165, 1.54) is 4.90 Å². The number of halogens is 3. The molecular weight excluding hydrogens is 438 g/mol. The number of pyridine rings is 1. The van der Waals surface area contributed by atoms with Crippen molar-refractivity contribution in [1.29, 1.82) is 0 Å². The first-order chi connectivity index (χ1) is 14.9. The molecule has 0 saturated carbocycles. The zero-order chi connectivity index (χ0) is 21.6. The highest BCUT2D eigenvalue weighted by Gasteiger charge is 2.47. The lowest BCUT2D eigenvalue weighted by atomic mass is 10.0. The van der Waals surface area contributed by atoms with Gasteiger partial charge in [0, 0.05) is 24.4 Å². The number of benzene rings is 2. The van der Waals surface area contributed by atoms with Crippen LogP contribution >= 0.6 is 12.4 Å². The maximum Gasteiger partial charge on any atom is 0.287 e. The molecule has 1 aliphatic rings. The standard InChI is InChI=1S/C23H20F2N4O2.ClH/c1-14-26-18-8-4-6-16(21(18)27-14)22(30)29-12-11-23(24,25)19(13-29)31-20-10-9-15-5-2-3-7-17(15)28-20;/h2-10,19H,11-13H2,1H3,(H,26,27);1H/t19-;/m0./s1. The van der Waals surface area contributed by atoms with Crippen LogP contribution in [-0.2, 0) is 0 Å². The number of piperidine rings is 1. The monoisotopic (exact) mass is 458 g/mol. The van der Waals surface area contributed by atoms with Crippen molar-refractivity contribution in [2.75, 3.05) is 13.1 Å². The van der Waals surface area contributed by atoms with Crippen LogP contribution in [-0.4, -0.2) is 50.9 Å². The topological polar surface area (TPSA) is 71.1 Å². The number of hydrogen-bond donors (Lipinski definition) is 1. The summed E-state index contributed by atoms with van der Waals surface area (Å²) in [4.78, 5) is 26.4. The number of H-pyrrole nitrogens is 1. The SMILES string of the molecule is Cc1nc2c(C(=O)N3CCC(F)(F)[C@@H](Oc4ccc5ccccc5n4)C3)cccc2[nH]1.Cl. The zero-order valence-corrected chi connectivity index (χ0v) is 18.0. The van der Waals surface area contributed by atoms with Crippen LogP contribution in [0.5, 0.6) is 5.88 Å². The first kappa shape index (κ1) is 22.0. The van der Waals surface area contributed by atoms with Crippen LogP contribution < -0.4 is 4.74 Å². The Hall–Kier alpha value is -3.26. The summed E-state index contributed by atoms with van der Waals surface area (Å²) in [7, 11) is 0. The van der Waals surface area contributed by atoms with E-state index in [1.807, 2.05) is 24.3 Å². The summed E-state index contributed by atoms with van der Waals surface area (Å²) in [5.41, 5.74) is 2.32. The molecule has 1 atom stereocenters. The average Bonchev–Trinajstić information content (AvgIpc) is 3.15. The smallest absolute Gasteiger partial charge is 0.287 e. The van der Waals surface area contributed by atoms with Crippen molar-refractivity contribution in [2.45, 2.75) is 25.4 Å². The van der Waals surface area contributed by atoms with Crippen LogP contribution in [0.15, 0.2) is 54.6 Å². The maximum atomic E-state index is 14.7. The minimum atomic E-state index is -3.07. The van der Waals surface area contributed by atoms with E-state index in [0.29, 0.717) is 22.4 Å². The van der Waals surface area contributed by atoms with Gasteiger partial charge in [0.25, 0.3) is 11.8 Å². The second-order valence-corrected chi connectivity index (χ2v) is 7.73. The van der Waals surface area contributed by atoms with Gasteiger partial charge in [0.05, 0.1) is 23.1 Å². The molecule has 3 heterocycles. The predicted molar refractivity (Wildman–Crippen MR) is 120 cm³/mol. The van der Waals surface area contributed by atoms with E-state index in [9.17, 15) is 13.6 Å². The normalized spacial score (nSPS) is 17.8. The molecule has 2 aromatic heterocycles. The van der Waals surface area contributed by atoms with Crippen LogP contribution in [0.2, 0.25) is 0 Å². The minimum Gasteiger partial charge on any atom is -0.466 e.